The lowest BCUT2D eigenvalue weighted by Crippen LogP contribution is -2.37. The first-order chi connectivity index (χ1) is 12.0. The van der Waals surface area contributed by atoms with Crippen LogP contribution in [0.25, 0.3) is 16.8 Å². The summed E-state index contributed by atoms with van der Waals surface area (Å²) in [4.78, 5) is 24.4. The van der Waals surface area contributed by atoms with Gasteiger partial charge in [-0.2, -0.15) is 10.2 Å². The fraction of sp³-hybridized carbons (Fsp3) is 0.333. The highest BCUT2D eigenvalue weighted by Crippen LogP contribution is 2.19. The minimum atomic E-state index is -0.342. The Morgan fingerprint density at radius 2 is 1.96 bits per heavy atom. The standard InChI is InChI=1S/C18H21N5O2/c1-4-13-5-7-14(8-6-13)15-9-16-18(25)22(19-11-23(16)21-15)10-17(24)20-12(2)3/h5-9,11-12H,4,10H2,1-3H3,(H,20,24). The van der Waals surface area contributed by atoms with Crippen LogP contribution in [0.3, 0.4) is 0 Å². The first-order valence-electron chi connectivity index (χ1n) is 8.32. The molecule has 1 aromatic carbocycles. The molecular weight excluding hydrogens is 318 g/mol. The summed E-state index contributed by atoms with van der Waals surface area (Å²) < 4.78 is 2.60. The number of amides is 1. The zero-order valence-corrected chi connectivity index (χ0v) is 14.6. The van der Waals surface area contributed by atoms with E-state index < -0.39 is 0 Å². The van der Waals surface area contributed by atoms with Crippen molar-refractivity contribution in [2.45, 2.75) is 39.8 Å². The van der Waals surface area contributed by atoms with E-state index in [0.29, 0.717) is 11.2 Å². The third-order valence-corrected chi connectivity index (χ3v) is 3.89. The number of rotatable bonds is 5. The molecule has 25 heavy (non-hydrogen) atoms. The Balaban J connectivity index is 1.93. The molecule has 0 aliphatic carbocycles. The number of nitrogens with zero attached hydrogens (tertiary/aromatic N) is 4. The lowest BCUT2D eigenvalue weighted by atomic mass is 10.1. The minimum absolute atomic E-state index is 0.0135. The number of aryl methyl sites for hydroxylation is 1. The second-order valence-corrected chi connectivity index (χ2v) is 6.23. The molecule has 7 heteroatoms. The maximum atomic E-state index is 12.6. The minimum Gasteiger partial charge on any atom is -0.352 e. The molecule has 0 radical (unpaired) electrons. The van der Waals surface area contributed by atoms with E-state index >= 15 is 0 Å². The normalized spacial score (nSPS) is 11.2. The highest BCUT2D eigenvalue weighted by molar-refractivity contribution is 5.76. The number of benzene rings is 1. The van der Waals surface area contributed by atoms with Gasteiger partial charge in [0.05, 0.1) is 5.69 Å². The SMILES string of the molecule is CCc1ccc(-c2cc3c(=O)n(CC(=O)NC(C)C)ncn3n2)cc1. The quantitative estimate of drug-likeness (QED) is 0.766. The van der Waals surface area contributed by atoms with E-state index in [4.69, 9.17) is 0 Å². The molecule has 2 heterocycles. The smallest absolute Gasteiger partial charge is 0.293 e. The van der Waals surface area contributed by atoms with Crippen molar-refractivity contribution in [3.05, 3.63) is 52.6 Å². The van der Waals surface area contributed by atoms with E-state index in [0.717, 1.165) is 16.7 Å². The molecule has 0 spiro atoms. The Kier molecular flexibility index (Phi) is 4.65. The van der Waals surface area contributed by atoms with E-state index in [9.17, 15) is 9.59 Å². The van der Waals surface area contributed by atoms with E-state index in [1.165, 1.54) is 16.4 Å². The summed E-state index contributed by atoms with van der Waals surface area (Å²) in [6, 6.07) is 9.81. The molecule has 0 saturated carbocycles. The third kappa shape index (κ3) is 3.60. The number of aromatic nitrogens is 4. The topological polar surface area (TPSA) is 81.3 Å². The van der Waals surface area contributed by atoms with Gasteiger partial charge in [-0.15, -0.1) is 0 Å². The molecule has 0 saturated heterocycles. The van der Waals surface area contributed by atoms with Crippen LogP contribution < -0.4 is 10.9 Å². The van der Waals surface area contributed by atoms with E-state index in [1.54, 1.807) is 6.07 Å². The molecule has 1 N–H and O–H groups in total. The van der Waals surface area contributed by atoms with Crippen molar-refractivity contribution in [1.82, 2.24) is 24.7 Å². The lowest BCUT2D eigenvalue weighted by molar-refractivity contribution is -0.122. The van der Waals surface area contributed by atoms with E-state index in [-0.39, 0.29) is 24.1 Å². The number of hydrogen-bond donors (Lipinski definition) is 1. The van der Waals surface area contributed by atoms with E-state index in [2.05, 4.69) is 22.4 Å². The molecule has 3 aromatic rings. The summed E-state index contributed by atoms with van der Waals surface area (Å²) >= 11 is 0. The molecule has 0 fully saturated rings. The predicted octanol–water partition coefficient (Wildman–Crippen LogP) is 1.64. The number of hydrogen-bond acceptors (Lipinski definition) is 4. The van der Waals surface area contributed by atoms with Crippen molar-refractivity contribution < 1.29 is 4.79 Å². The molecule has 0 unspecified atom stereocenters. The lowest BCUT2D eigenvalue weighted by Gasteiger charge is -2.08. The maximum absolute atomic E-state index is 12.6. The molecule has 0 atom stereocenters. The Labute approximate surface area is 145 Å². The number of fused-ring (bicyclic) bond motifs is 1. The van der Waals surface area contributed by atoms with Gasteiger partial charge in [-0.1, -0.05) is 31.2 Å². The van der Waals surface area contributed by atoms with Gasteiger partial charge in [0, 0.05) is 11.6 Å². The fourth-order valence-corrected chi connectivity index (χ4v) is 2.61. The Morgan fingerprint density at radius 3 is 2.60 bits per heavy atom. The van der Waals surface area contributed by atoms with Gasteiger partial charge >= 0.3 is 0 Å². The van der Waals surface area contributed by atoms with Crippen molar-refractivity contribution >= 4 is 11.4 Å². The maximum Gasteiger partial charge on any atom is 0.293 e. The van der Waals surface area contributed by atoms with Crippen LogP contribution in [0, 0.1) is 0 Å². The van der Waals surface area contributed by atoms with Crippen LogP contribution >= 0.6 is 0 Å². The molecule has 3 rings (SSSR count). The number of carbonyl (C=O) groups is 1. The molecule has 2 aromatic heterocycles. The van der Waals surface area contributed by atoms with Crippen molar-refractivity contribution in [2.24, 2.45) is 0 Å². The average molecular weight is 339 g/mol. The summed E-state index contributed by atoms with van der Waals surface area (Å²) in [5.41, 5.74) is 2.93. The Bertz CT molecular complexity index is 954. The highest BCUT2D eigenvalue weighted by atomic mass is 16.2. The third-order valence-electron chi connectivity index (χ3n) is 3.89. The first kappa shape index (κ1) is 16.9. The van der Waals surface area contributed by atoms with Gasteiger partial charge in [0.25, 0.3) is 5.56 Å². The fourth-order valence-electron chi connectivity index (χ4n) is 2.61. The second-order valence-electron chi connectivity index (χ2n) is 6.23. The van der Waals surface area contributed by atoms with Gasteiger partial charge in [-0.3, -0.25) is 9.59 Å². The van der Waals surface area contributed by atoms with Crippen LogP contribution in [0.15, 0.2) is 41.5 Å². The monoisotopic (exact) mass is 339 g/mol. The van der Waals surface area contributed by atoms with Gasteiger partial charge in [0.1, 0.15) is 18.4 Å². The van der Waals surface area contributed by atoms with Crippen LogP contribution in [0.1, 0.15) is 26.3 Å². The number of carbonyl (C=O) groups excluding carboxylic acids is 1. The van der Waals surface area contributed by atoms with Gasteiger partial charge in [0.15, 0.2) is 0 Å². The summed E-state index contributed by atoms with van der Waals surface area (Å²) in [7, 11) is 0. The predicted molar refractivity (Wildman–Crippen MR) is 95.3 cm³/mol. The molecule has 0 aliphatic rings. The van der Waals surface area contributed by atoms with Gasteiger partial charge in [-0.25, -0.2) is 9.20 Å². The summed E-state index contributed by atoms with van der Waals surface area (Å²) in [6.45, 7) is 5.72. The summed E-state index contributed by atoms with van der Waals surface area (Å²) in [6.07, 6.45) is 2.42. The largest absolute Gasteiger partial charge is 0.352 e. The second kappa shape index (κ2) is 6.88. The van der Waals surface area contributed by atoms with Crippen molar-refractivity contribution in [2.75, 3.05) is 0 Å². The van der Waals surface area contributed by atoms with Crippen molar-refractivity contribution in [1.29, 1.82) is 0 Å². The Morgan fingerprint density at radius 1 is 1.24 bits per heavy atom. The molecule has 1 amide bonds. The van der Waals surface area contributed by atoms with Crippen molar-refractivity contribution in [3.8, 4) is 11.3 Å². The van der Waals surface area contributed by atoms with Crippen molar-refractivity contribution in [3.63, 3.8) is 0 Å². The molecular formula is C18H21N5O2. The summed E-state index contributed by atoms with van der Waals surface area (Å²) in [5.74, 6) is -0.246. The van der Waals surface area contributed by atoms with Gasteiger partial charge < -0.3 is 5.32 Å². The highest BCUT2D eigenvalue weighted by Gasteiger charge is 2.12. The first-order valence-corrected chi connectivity index (χ1v) is 8.32. The average Bonchev–Trinajstić information content (AvgIpc) is 3.02. The van der Waals surface area contributed by atoms with Crippen LogP contribution in [0.2, 0.25) is 0 Å². The number of nitrogens with one attached hydrogen (secondary N) is 1. The van der Waals surface area contributed by atoms with Crippen LogP contribution in [0.4, 0.5) is 0 Å². The van der Waals surface area contributed by atoms with Crippen LogP contribution in [-0.4, -0.2) is 31.3 Å². The van der Waals surface area contributed by atoms with Crippen LogP contribution in [-0.2, 0) is 17.8 Å². The Hall–Kier alpha value is -2.96. The van der Waals surface area contributed by atoms with E-state index in [1.807, 2.05) is 38.1 Å². The van der Waals surface area contributed by atoms with Crippen LogP contribution in [0.5, 0.6) is 0 Å². The zero-order chi connectivity index (χ0) is 18.0. The zero-order valence-electron chi connectivity index (χ0n) is 14.6. The molecule has 7 nitrogen and oxygen atoms in total. The molecule has 130 valence electrons. The van der Waals surface area contributed by atoms with Gasteiger partial charge in [0.2, 0.25) is 5.91 Å². The molecule has 0 aliphatic heterocycles. The molecule has 0 bridgehead atoms. The van der Waals surface area contributed by atoms with Gasteiger partial charge in [-0.05, 0) is 31.9 Å². The summed E-state index contributed by atoms with van der Waals surface area (Å²) in [5, 5.41) is 11.2.